The maximum Gasteiger partial charge on any atom is 2.00 e. The van der Waals surface area contributed by atoms with Crippen molar-refractivity contribution in [2.24, 2.45) is 0 Å². The summed E-state index contributed by atoms with van der Waals surface area (Å²) in [5, 5.41) is 0. The number of rotatable bonds is 2. The largest absolute Gasteiger partial charge is 2.00 e. The van der Waals surface area contributed by atoms with Crippen LogP contribution in [-0.4, -0.2) is 259 Å². The van der Waals surface area contributed by atoms with E-state index in [1.54, 1.807) is 0 Å². The Morgan fingerprint density at radius 1 is 0.636 bits per heavy atom. The molecule has 22 heavy (non-hydrogen) atoms. The zero-order chi connectivity index (χ0) is 9.99. The minimum atomic E-state index is -5.15. The first kappa shape index (κ1) is 69.9. The Morgan fingerprint density at radius 2 is 0.773 bits per heavy atom. The molecule has 0 saturated carbocycles. The van der Waals surface area contributed by atoms with Gasteiger partial charge in [-0.2, -0.15) is 16.8 Å². The second-order valence-corrected chi connectivity index (χ2v) is 3.32. The predicted octanol–water partition coefficient (Wildman–Crippen LogP) is -14.6. The SMILES string of the molecule is O=C(OS(=O)(=O)O)OS(=O)(=O)O.[Ca+2].[Ca+2].[Ca+2].[Ca+2].[Ca+2].[Ca+2].[Cl-].[Cl-].[Cl-].[Cl-].[H-].[H-].[H-].[H-].[H-].[H-].[H-].[H-]. The maximum atomic E-state index is 9.95. The van der Waals surface area contributed by atoms with Crippen molar-refractivity contribution in [1.82, 2.24) is 0 Å². The summed E-state index contributed by atoms with van der Waals surface area (Å²) in [6.07, 6.45) is -2.29. The molecule has 0 aliphatic carbocycles. The second kappa shape index (κ2) is 36.2. The van der Waals surface area contributed by atoms with Gasteiger partial charge in [0.2, 0.25) is 0 Å². The molecule has 0 fully saturated rings. The van der Waals surface area contributed by atoms with Crippen LogP contribution in [0.4, 0.5) is 4.79 Å². The van der Waals surface area contributed by atoms with Gasteiger partial charge in [-0.1, -0.05) is 0 Å². The summed E-state index contributed by atoms with van der Waals surface area (Å²) in [7, 11) is -10.3. The van der Waals surface area contributed by atoms with E-state index in [0.717, 1.165) is 0 Å². The second-order valence-electron chi connectivity index (χ2n) is 1.27. The quantitative estimate of drug-likeness (QED) is 0.230. The van der Waals surface area contributed by atoms with Crippen LogP contribution in [0.5, 0.6) is 0 Å². The fourth-order valence-corrected chi connectivity index (χ4v) is 0.641. The van der Waals surface area contributed by atoms with E-state index in [1.807, 2.05) is 0 Å². The smallest absolute Gasteiger partial charge is 1.00 e. The molecule has 0 aromatic rings. The van der Waals surface area contributed by atoms with E-state index in [4.69, 9.17) is 9.11 Å². The molecular weight excluding hydrogens is 602 g/mol. The molecule has 0 atom stereocenters. The molecule has 0 heterocycles. The normalized spacial score (nSPS) is 6.64. The number of halogens is 4. The first-order valence-corrected chi connectivity index (χ1v) is 4.71. The van der Waals surface area contributed by atoms with Crippen LogP contribution in [0.3, 0.4) is 0 Å². The fraction of sp³-hybridized carbons (Fsp3) is 0. The zero-order valence-electron chi connectivity index (χ0n) is 18.8. The van der Waals surface area contributed by atoms with Gasteiger partial charge in [-0.05, 0) is 0 Å². The van der Waals surface area contributed by atoms with E-state index in [1.165, 1.54) is 0 Å². The van der Waals surface area contributed by atoms with Gasteiger partial charge in [-0.3, -0.25) is 17.5 Å². The van der Waals surface area contributed by atoms with Crippen molar-refractivity contribution in [3.63, 3.8) is 0 Å². The maximum absolute atomic E-state index is 9.95. The first-order chi connectivity index (χ1) is 5.10. The van der Waals surface area contributed by atoms with Crippen molar-refractivity contribution in [3.05, 3.63) is 0 Å². The van der Waals surface area contributed by atoms with E-state index in [9.17, 15) is 21.6 Å². The van der Waals surface area contributed by atoms with E-state index in [-0.39, 0.29) is 287 Å². The Balaban J connectivity index is -0.00000000395. The number of carbonyl (C=O) groups excluding carboxylic acids is 1. The standard InChI is InChI=1S/CH2O9S2.6Ca.4ClH.8H/c2-1(9-11(3,4)5)10-12(6,7)8;;;;;;;;;;;;;;;;;;/h(H,3,4,5)(H,6,7,8);;;;;;;4*1H;;;;;;;;/q;6*+2;;;;;8*-1/p-4. The van der Waals surface area contributed by atoms with E-state index < -0.39 is 27.0 Å². The third-order valence-electron chi connectivity index (χ3n) is 0.347. The summed E-state index contributed by atoms with van der Waals surface area (Å²) < 4.78 is 60.1. The van der Waals surface area contributed by atoms with Gasteiger partial charge in [-0.25, -0.2) is 4.79 Å². The molecule has 0 spiro atoms. The van der Waals surface area contributed by atoms with Gasteiger partial charge in [0, 0.05) is 0 Å². The van der Waals surface area contributed by atoms with E-state index >= 15 is 0 Å². The molecule has 0 saturated heterocycles. The zero-order valence-corrected chi connectivity index (χ0v) is 28.7. The number of carbonyl (C=O) groups is 1. The molecule has 0 aromatic carbocycles. The molecule has 2 N–H and O–H groups in total. The Kier molecular flexibility index (Phi) is 115. The third kappa shape index (κ3) is 63.0. The van der Waals surface area contributed by atoms with E-state index in [2.05, 4.69) is 8.37 Å². The molecule has 0 bridgehead atoms. The van der Waals surface area contributed by atoms with Crippen molar-refractivity contribution < 1.29 is 100 Å². The van der Waals surface area contributed by atoms with Gasteiger partial charge in [0.05, 0.1) is 0 Å². The molecule has 0 unspecified atom stereocenters. The van der Waals surface area contributed by atoms with Crippen LogP contribution < -0.4 is 49.6 Å². The molecule has 0 radical (unpaired) electrons. The monoisotopic (exact) mass is 610 g/mol. The average molecular weight is 612 g/mol. The Morgan fingerprint density at radius 3 is 0.864 bits per heavy atom. The average Bonchev–Trinajstić information content (AvgIpc) is 1.49. The molecular formula is CH10Ca6Cl4O9S2. The van der Waals surface area contributed by atoms with Crippen molar-refractivity contribution >= 4 is 253 Å². The van der Waals surface area contributed by atoms with Crippen LogP contribution in [-0.2, 0) is 29.2 Å². The summed E-state index contributed by atoms with van der Waals surface area (Å²) in [6, 6.07) is 0. The van der Waals surface area contributed by atoms with Gasteiger partial charge in [0.15, 0.2) is 0 Å². The Hall–Kier alpha value is 7.81. The Labute approximate surface area is 344 Å². The van der Waals surface area contributed by atoms with Crippen LogP contribution in [0.2, 0.25) is 0 Å². The van der Waals surface area contributed by atoms with Crippen molar-refractivity contribution in [2.75, 3.05) is 0 Å². The molecule has 0 amide bonds. The summed E-state index contributed by atoms with van der Waals surface area (Å²) >= 11 is 0. The molecule has 9 nitrogen and oxygen atoms in total. The topological polar surface area (TPSA) is 144 Å². The minimum absolute atomic E-state index is 0. The van der Waals surface area contributed by atoms with Gasteiger partial charge < -0.3 is 61.0 Å². The minimum Gasteiger partial charge on any atom is -1.00 e. The van der Waals surface area contributed by atoms with Crippen LogP contribution in [0.1, 0.15) is 11.4 Å². The summed E-state index contributed by atoms with van der Waals surface area (Å²) in [5.74, 6) is 0. The van der Waals surface area contributed by atoms with Crippen LogP contribution >= 0.6 is 0 Å². The molecule has 0 rings (SSSR count). The first-order valence-electron chi connectivity index (χ1n) is 1.98. The van der Waals surface area contributed by atoms with Gasteiger partial charge in [0.1, 0.15) is 0 Å². The van der Waals surface area contributed by atoms with Crippen LogP contribution in [0.25, 0.3) is 0 Å². The molecule has 120 valence electrons. The molecule has 0 aliphatic heterocycles. The van der Waals surface area contributed by atoms with Gasteiger partial charge in [0.25, 0.3) is 0 Å². The van der Waals surface area contributed by atoms with Crippen molar-refractivity contribution in [3.8, 4) is 0 Å². The molecule has 0 aromatic heterocycles. The van der Waals surface area contributed by atoms with Crippen LogP contribution in [0, 0.1) is 0 Å². The molecule has 21 heteroatoms. The Bertz CT molecular complexity index is 376. The van der Waals surface area contributed by atoms with Crippen molar-refractivity contribution in [1.29, 1.82) is 0 Å². The van der Waals surface area contributed by atoms with Crippen LogP contribution in [0.15, 0.2) is 0 Å². The van der Waals surface area contributed by atoms with Gasteiger partial charge in [-0.15, -0.1) is 0 Å². The van der Waals surface area contributed by atoms with Crippen molar-refractivity contribution in [2.45, 2.75) is 0 Å². The fourth-order valence-electron chi connectivity index (χ4n) is 0.186. The predicted molar refractivity (Wildman–Crippen MR) is 74.1 cm³/mol. The van der Waals surface area contributed by atoms with Gasteiger partial charge >= 0.3 is 253 Å². The third-order valence-corrected chi connectivity index (χ3v) is 1.04. The number of hydrogen-bond acceptors (Lipinski definition) is 7. The summed E-state index contributed by atoms with van der Waals surface area (Å²) in [6.45, 7) is 0. The number of hydrogen-bond donors (Lipinski definition) is 2. The van der Waals surface area contributed by atoms with E-state index in [0.29, 0.717) is 0 Å². The molecule has 0 aliphatic rings. The summed E-state index contributed by atoms with van der Waals surface area (Å²) in [4.78, 5) is 9.95. The summed E-state index contributed by atoms with van der Waals surface area (Å²) in [5.41, 5.74) is 0.